The molecule has 0 spiro atoms. The van der Waals surface area contributed by atoms with Crippen molar-refractivity contribution in [1.29, 1.82) is 0 Å². The van der Waals surface area contributed by atoms with Gasteiger partial charge in [-0.05, 0) is 30.2 Å². The van der Waals surface area contributed by atoms with Crippen LogP contribution < -0.4 is 10.6 Å². The summed E-state index contributed by atoms with van der Waals surface area (Å²) in [6, 6.07) is 9.40. The average molecular weight is 270 g/mol. The third-order valence-corrected chi connectivity index (χ3v) is 3.01. The monoisotopic (exact) mass is 270 g/mol. The minimum absolute atomic E-state index is 0.0674. The smallest absolute Gasteiger partial charge is 0.259 e. The lowest BCUT2D eigenvalue weighted by Gasteiger charge is -2.22. The summed E-state index contributed by atoms with van der Waals surface area (Å²) in [5.41, 5.74) is 8.04. The molecule has 0 aliphatic rings. The fraction of sp³-hybridized carbons (Fsp3) is 0.267. The Labute approximate surface area is 118 Å². The van der Waals surface area contributed by atoms with Crippen LogP contribution in [0.15, 0.2) is 42.7 Å². The van der Waals surface area contributed by atoms with Gasteiger partial charge in [0.15, 0.2) is 0 Å². The fourth-order valence-corrected chi connectivity index (χ4v) is 1.96. The van der Waals surface area contributed by atoms with Gasteiger partial charge in [-0.3, -0.25) is 4.79 Å². The standard InChI is InChI=1S/C15H18N4O/c1-2-9-19(14-5-3-12(10-16)4-6-14)15(20)13-7-8-17-18-11-13/h3-8,11H,2,9-10,16H2,1H3. The van der Waals surface area contributed by atoms with Gasteiger partial charge in [0.1, 0.15) is 0 Å². The molecule has 1 amide bonds. The van der Waals surface area contributed by atoms with E-state index in [9.17, 15) is 4.79 Å². The van der Waals surface area contributed by atoms with Gasteiger partial charge >= 0.3 is 0 Å². The second-order valence-electron chi connectivity index (χ2n) is 4.46. The van der Waals surface area contributed by atoms with E-state index in [-0.39, 0.29) is 5.91 Å². The predicted molar refractivity (Wildman–Crippen MR) is 78.3 cm³/mol. The Bertz CT molecular complexity index is 554. The lowest BCUT2D eigenvalue weighted by atomic mass is 10.1. The largest absolute Gasteiger partial charge is 0.326 e. The molecule has 5 heteroatoms. The van der Waals surface area contributed by atoms with Gasteiger partial charge in [-0.25, -0.2) is 0 Å². The SMILES string of the molecule is CCCN(C(=O)c1ccnnc1)c1ccc(CN)cc1. The third-order valence-electron chi connectivity index (χ3n) is 3.01. The quantitative estimate of drug-likeness (QED) is 0.901. The minimum atomic E-state index is -0.0674. The van der Waals surface area contributed by atoms with Crippen molar-refractivity contribution in [2.75, 3.05) is 11.4 Å². The van der Waals surface area contributed by atoms with Crippen LogP contribution in [-0.2, 0) is 6.54 Å². The number of aromatic nitrogens is 2. The molecule has 0 unspecified atom stereocenters. The Morgan fingerprint density at radius 1 is 1.20 bits per heavy atom. The van der Waals surface area contributed by atoms with Gasteiger partial charge in [0.05, 0.1) is 18.0 Å². The summed E-state index contributed by atoms with van der Waals surface area (Å²) in [5, 5.41) is 7.45. The highest BCUT2D eigenvalue weighted by Crippen LogP contribution is 2.18. The number of carbonyl (C=O) groups is 1. The lowest BCUT2D eigenvalue weighted by molar-refractivity contribution is 0.0986. The van der Waals surface area contributed by atoms with Crippen molar-refractivity contribution in [3.8, 4) is 0 Å². The number of carbonyl (C=O) groups excluding carboxylic acids is 1. The summed E-state index contributed by atoms with van der Waals surface area (Å²) in [5.74, 6) is -0.0674. The zero-order valence-electron chi connectivity index (χ0n) is 11.5. The topological polar surface area (TPSA) is 72.1 Å². The van der Waals surface area contributed by atoms with Crippen molar-refractivity contribution in [1.82, 2.24) is 10.2 Å². The van der Waals surface area contributed by atoms with Gasteiger partial charge in [0.2, 0.25) is 0 Å². The first kappa shape index (κ1) is 14.1. The van der Waals surface area contributed by atoms with Crippen molar-refractivity contribution in [2.24, 2.45) is 5.73 Å². The van der Waals surface area contributed by atoms with Crippen molar-refractivity contribution in [3.63, 3.8) is 0 Å². The summed E-state index contributed by atoms with van der Waals surface area (Å²) < 4.78 is 0. The summed E-state index contributed by atoms with van der Waals surface area (Å²) in [6.07, 6.45) is 3.89. The number of hydrogen-bond acceptors (Lipinski definition) is 4. The molecule has 0 saturated heterocycles. The van der Waals surface area contributed by atoms with E-state index in [2.05, 4.69) is 10.2 Å². The molecule has 104 valence electrons. The summed E-state index contributed by atoms with van der Waals surface area (Å²) >= 11 is 0. The molecule has 2 aromatic rings. The second-order valence-corrected chi connectivity index (χ2v) is 4.46. The lowest BCUT2D eigenvalue weighted by Crippen LogP contribution is -2.31. The van der Waals surface area contributed by atoms with E-state index in [0.717, 1.165) is 17.7 Å². The molecule has 0 saturated carbocycles. The van der Waals surface area contributed by atoms with Gasteiger partial charge < -0.3 is 10.6 Å². The van der Waals surface area contributed by atoms with E-state index in [1.165, 1.54) is 12.4 Å². The number of rotatable bonds is 5. The first-order chi connectivity index (χ1) is 9.76. The van der Waals surface area contributed by atoms with Gasteiger partial charge in [0.25, 0.3) is 5.91 Å². The number of nitrogens with zero attached hydrogens (tertiary/aromatic N) is 3. The van der Waals surface area contributed by atoms with Crippen LogP contribution in [-0.4, -0.2) is 22.6 Å². The average Bonchev–Trinajstić information content (AvgIpc) is 2.53. The molecular weight excluding hydrogens is 252 g/mol. The molecule has 0 bridgehead atoms. The maximum atomic E-state index is 12.5. The Morgan fingerprint density at radius 3 is 2.50 bits per heavy atom. The van der Waals surface area contributed by atoms with Crippen LogP contribution in [0.3, 0.4) is 0 Å². The number of amides is 1. The van der Waals surface area contributed by atoms with Crippen LogP contribution in [0.1, 0.15) is 29.3 Å². The molecule has 0 aliphatic carbocycles. The normalized spacial score (nSPS) is 10.3. The van der Waals surface area contributed by atoms with Crippen LogP contribution in [0.5, 0.6) is 0 Å². The molecule has 5 nitrogen and oxygen atoms in total. The maximum absolute atomic E-state index is 12.5. The highest BCUT2D eigenvalue weighted by molar-refractivity contribution is 6.05. The van der Waals surface area contributed by atoms with E-state index in [1.807, 2.05) is 31.2 Å². The Balaban J connectivity index is 2.28. The van der Waals surface area contributed by atoms with Gasteiger partial charge in [-0.1, -0.05) is 19.1 Å². The molecule has 2 N–H and O–H groups in total. The Hall–Kier alpha value is -2.27. The molecule has 0 aliphatic heterocycles. The predicted octanol–water partition coefficient (Wildman–Crippen LogP) is 1.99. The van der Waals surface area contributed by atoms with E-state index in [0.29, 0.717) is 18.7 Å². The van der Waals surface area contributed by atoms with E-state index < -0.39 is 0 Å². The molecule has 0 radical (unpaired) electrons. The molecule has 1 aromatic carbocycles. The van der Waals surface area contributed by atoms with E-state index in [4.69, 9.17) is 5.73 Å². The molecule has 20 heavy (non-hydrogen) atoms. The molecule has 1 heterocycles. The van der Waals surface area contributed by atoms with Crippen molar-refractivity contribution in [2.45, 2.75) is 19.9 Å². The van der Waals surface area contributed by atoms with Crippen LogP contribution in [0, 0.1) is 0 Å². The Morgan fingerprint density at radius 2 is 1.95 bits per heavy atom. The summed E-state index contributed by atoms with van der Waals surface area (Å²) in [7, 11) is 0. The van der Waals surface area contributed by atoms with E-state index in [1.54, 1.807) is 11.0 Å². The highest BCUT2D eigenvalue weighted by Gasteiger charge is 2.17. The van der Waals surface area contributed by atoms with Crippen LogP contribution in [0.4, 0.5) is 5.69 Å². The molecule has 1 aromatic heterocycles. The third kappa shape index (κ3) is 3.19. The van der Waals surface area contributed by atoms with Gasteiger partial charge in [-0.15, -0.1) is 0 Å². The zero-order chi connectivity index (χ0) is 14.4. The maximum Gasteiger partial charge on any atom is 0.259 e. The first-order valence-corrected chi connectivity index (χ1v) is 6.63. The van der Waals surface area contributed by atoms with E-state index >= 15 is 0 Å². The van der Waals surface area contributed by atoms with Crippen LogP contribution in [0.2, 0.25) is 0 Å². The van der Waals surface area contributed by atoms with Crippen molar-refractivity contribution < 1.29 is 4.79 Å². The number of hydrogen-bond donors (Lipinski definition) is 1. The first-order valence-electron chi connectivity index (χ1n) is 6.63. The van der Waals surface area contributed by atoms with Gasteiger partial charge in [0, 0.05) is 18.8 Å². The molecular formula is C15H18N4O. The van der Waals surface area contributed by atoms with Crippen molar-refractivity contribution >= 4 is 11.6 Å². The molecule has 0 atom stereocenters. The zero-order valence-corrected chi connectivity index (χ0v) is 11.5. The number of nitrogens with two attached hydrogens (primary N) is 1. The summed E-state index contributed by atoms with van der Waals surface area (Å²) in [6.45, 7) is 3.19. The highest BCUT2D eigenvalue weighted by atomic mass is 16.2. The fourth-order valence-electron chi connectivity index (χ4n) is 1.96. The second kappa shape index (κ2) is 6.77. The minimum Gasteiger partial charge on any atom is -0.326 e. The van der Waals surface area contributed by atoms with Crippen LogP contribution >= 0.6 is 0 Å². The summed E-state index contributed by atoms with van der Waals surface area (Å²) in [4.78, 5) is 14.3. The Kier molecular flexibility index (Phi) is 4.79. The molecule has 2 rings (SSSR count). The van der Waals surface area contributed by atoms with Gasteiger partial charge in [-0.2, -0.15) is 10.2 Å². The molecule has 0 fully saturated rings. The number of benzene rings is 1. The number of anilines is 1. The van der Waals surface area contributed by atoms with Crippen molar-refractivity contribution in [3.05, 3.63) is 53.9 Å². The van der Waals surface area contributed by atoms with Crippen LogP contribution in [0.25, 0.3) is 0 Å².